The molecule has 11 heavy (non-hydrogen) atoms. The molecule has 1 aromatic rings. The molecule has 0 aromatic heterocycles. The van der Waals surface area contributed by atoms with Gasteiger partial charge in [-0.3, -0.25) is 0 Å². The summed E-state index contributed by atoms with van der Waals surface area (Å²) in [5.74, 6) is 0. The van der Waals surface area contributed by atoms with E-state index in [0.29, 0.717) is 6.42 Å². The Morgan fingerprint density at radius 3 is 2.55 bits per heavy atom. The maximum Gasteiger partial charge on any atom is 0.0471 e. The molecule has 1 rings (SSSR count). The van der Waals surface area contributed by atoms with Crippen LogP contribution >= 0.6 is 31.9 Å². The van der Waals surface area contributed by atoms with Crippen molar-refractivity contribution in [1.29, 1.82) is 0 Å². The lowest BCUT2D eigenvalue weighted by Crippen LogP contribution is -1.91. The zero-order chi connectivity index (χ0) is 8.27. The van der Waals surface area contributed by atoms with Crippen molar-refractivity contribution in [2.24, 2.45) is 0 Å². The number of benzene rings is 1. The van der Waals surface area contributed by atoms with Crippen LogP contribution in [-0.4, -0.2) is 11.7 Å². The maximum absolute atomic E-state index is 8.68. The molecule has 60 valence electrons. The minimum atomic E-state index is 0.195. The molecule has 1 aromatic carbocycles. The van der Waals surface area contributed by atoms with Crippen LogP contribution < -0.4 is 0 Å². The molecule has 0 unspecified atom stereocenters. The van der Waals surface area contributed by atoms with Gasteiger partial charge in [0.25, 0.3) is 0 Å². The Hall–Kier alpha value is 0.140. The van der Waals surface area contributed by atoms with Crippen molar-refractivity contribution < 1.29 is 5.11 Å². The molecule has 0 amide bonds. The first-order valence-corrected chi connectivity index (χ1v) is 4.87. The fourth-order valence-electron chi connectivity index (χ4n) is 0.845. The van der Waals surface area contributed by atoms with Crippen molar-refractivity contribution in [2.45, 2.75) is 6.42 Å². The first-order valence-electron chi connectivity index (χ1n) is 3.29. The van der Waals surface area contributed by atoms with Gasteiger partial charge in [0.15, 0.2) is 0 Å². The van der Waals surface area contributed by atoms with E-state index in [4.69, 9.17) is 5.11 Å². The highest BCUT2D eigenvalue weighted by molar-refractivity contribution is 9.11. The van der Waals surface area contributed by atoms with Crippen LogP contribution in [0.2, 0.25) is 0 Å². The average Bonchev–Trinajstić information content (AvgIpc) is 1.95. The predicted molar refractivity (Wildman–Crippen MR) is 52.6 cm³/mol. The van der Waals surface area contributed by atoms with Crippen LogP contribution in [-0.2, 0) is 6.42 Å². The summed E-state index contributed by atoms with van der Waals surface area (Å²) in [5, 5.41) is 8.68. The molecule has 1 nitrogen and oxygen atoms in total. The third kappa shape index (κ3) is 2.58. The lowest BCUT2D eigenvalue weighted by Gasteiger charge is -2.01. The highest BCUT2D eigenvalue weighted by Crippen LogP contribution is 2.21. The standard InChI is InChI=1S/C8H8Br2O/c9-7-2-1-6(3-4-11)8(10)5-7/h1-2,5,11H,3-4H2. The second-order valence-corrected chi connectivity index (χ2v) is 3.98. The molecular formula is C8H8Br2O. The number of hydrogen-bond donors (Lipinski definition) is 1. The van der Waals surface area contributed by atoms with Crippen LogP contribution in [0, 0.1) is 0 Å². The summed E-state index contributed by atoms with van der Waals surface area (Å²) >= 11 is 6.76. The summed E-state index contributed by atoms with van der Waals surface area (Å²) in [7, 11) is 0. The Morgan fingerprint density at radius 1 is 1.27 bits per heavy atom. The van der Waals surface area contributed by atoms with E-state index >= 15 is 0 Å². The molecule has 0 atom stereocenters. The van der Waals surface area contributed by atoms with E-state index in [1.165, 1.54) is 0 Å². The van der Waals surface area contributed by atoms with E-state index in [1.807, 2.05) is 18.2 Å². The van der Waals surface area contributed by atoms with Gasteiger partial charge in [-0.1, -0.05) is 37.9 Å². The second kappa shape index (κ2) is 4.24. The SMILES string of the molecule is OCCc1ccc(Br)cc1Br. The summed E-state index contributed by atoms with van der Waals surface area (Å²) in [6.45, 7) is 0.195. The molecule has 0 spiro atoms. The van der Waals surface area contributed by atoms with Crippen LogP contribution in [0.15, 0.2) is 27.1 Å². The highest BCUT2D eigenvalue weighted by Gasteiger charge is 1.98. The van der Waals surface area contributed by atoms with Gasteiger partial charge in [0.2, 0.25) is 0 Å². The van der Waals surface area contributed by atoms with E-state index in [9.17, 15) is 0 Å². The van der Waals surface area contributed by atoms with Crippen LogP contribution in [0.3, 0.4) is 0 Å². The van der Waals surface area contributed by atoms with Gasteiger partial charge in [0.1, 0.15) is 0 Å². The number of aliphatic hydroxyl groups is 1. The Bertz CT molecular complexity index is 248. The van der Waals surface area contributed by atoms with Gasteiger partial charge in [0, 0.05) is 15.6 Å². The maximum atomic E-state index is 8.68. The second-order valence-electron chi connectivity index (χ2n) is 2.21. The van der Waals surface area contributed by atoms with E-state index in [1.54, 1.807) is 0 Å². The zero-order valence-corrected chi connectivity index (χ0v) is 9.02. The summed E-state index contributed by atoms with van der Waals surface area (Å²) in [5.41, 5.74) is 1.13. The summed E-state index contributed by atoms with van der Waals surface area (Å²) in [6, 6.07) is 5.94. The van der Waals surface area contributed by atoms with Gasteiger partial charge in [-0.25, -0.2) is 0 Å². The molecule has 0 heterocycles. The lowest BCUT2D eigenvalue weighted by atomic mass is 10.2. The lowest BCUT2D eigenvalue weighted by molar-refractivity contribution is 0.299. The van der Waals surface area contributed by atoms with Crippen molar-refractivity contribution in [2.75, 3.05) is 6.61 Å². The third-order valence-corrected chi connectivity index (χ3v) is 2.63. The van der Waals surface area contributed by atoms with Crippen molar-refractivity contribution in [1.82, 2.24) is 0 Å². The van der Waals surface area contributed by atoms with Crippen molar-refractivity contribution in [3.05, 3.63) is 32.7 Å². The monoisotopic (exact) mass is 278 g/mol. The number of hydrogen-bond acceptors (Lipinski definition) is 1. The fourth-order valence-corrected chi connectivity index (χ4v) is 2.09. The molecule has 0 aliphatic carbocycles. The zero-order valence-electron chi connectivity index (χ0n) is 5.85. The van der Waals surface area contributed by atoms with Gasteiger partial charge in [-0.05, 0) is 24.1 Å². The minimum Gasteiger partial charge on any atom is -0.396 e. The van der Waals surface area contributed by atoms with E-state index < -0.39 is 0 Å². The van der Waals surface area contributed by atoms with Crippen LogP contribution in [0.4, 0.5) is 0 Å². The summed E-state index contributed by atoms with van der Waals surface area (Å²) in [6.07, 6.45) is 0.702. The molecule has 0 aliphatic heterocycles. The number of rotatable bonds is 2. The molecule has 0 saturated heterocycles. The van der Waals surface area contributed by atoms with Gasteiger partial charge in [0.05, 0.1) is 0 Å². The van der Waals surface area contributed by atoms with Crippen LogP contribution in [0.25, 0.3) is 0 Å². The summed E-state index contributed by atoms with van der Waals surface area (Å²) < 4.78 is 2.09. The largest absolute Gasteiger partial charge is 0.396 e. The number of halogens is 2. The summed E-state index contributed by atoms with van der Waals surface area (Å²) in [4.78, 5) is 0. The van der Waals surface area contributed by atoms with Gasteiger partial charge >= 0.3 is 0 Å². The molecule has 0 saturated carbocycles. The Kier molecular flexibility index (Phi) is 3.55. The van der Waals surface area contributed by atoms with Crippen LogP contribution in [0.5, 0.6) is 0 Å². The molecule has 0 radical (unpaired) electrons. The highest BCUT2D eigenvalue weighted by atomic mass is 79.9. The topological polar surface area (TPSA) is 20.2 Å². The van der Waals surface area contributed by atoms with Crippen molar-refractivity contribution in [3.8, 4) is 0 Å². The van der Waals surface area contributed by atoms with E-state index in [0.717, 1.165) is 14.5 Å². The van der Waals surface area contributed by atoms with Crippen molar-refractivity contribution >= 4 is 31.9 Å². The Balaban J connectivity index is 2.90. The quantitative estimate of drug-likeness (QED) is 0.883. The molecule has 0 bridgehead atoms. The molecule has 3 heteroatoms. The van der Waals surface area contributed by atoms with Gasteiger partial charge in [-0.2, -0.15) is 0 Å². The minimum absolute atomic E-state index is 0.195. The first-order chi connectivity index (χ1) is 5.24. The Morgan fingerprint density at radius 2 is 2.00 bits per heavy atom. The van der Waals surface area contributed by atoms with Gasteiger partial charge < -0.3 is 5.11 Å². The van der Waals surface area contributed by atoms with Crippen molar-refractivity contribution in [3.63, 3.8) is 0 Å². The predicted octanol–water partition coefficient (Wildman–Crippen LogP) is 2.75. The fraction of sp³-hybridized carbons (Fsp3) is 0.250. The molecular weight excluding hydrogens is 272 g/mol. The number of aliphatic hydroxyl groups excluding tert-OH is 1. The van der Waals surface area contributed by atoms with E-state index in [2.05, 4.69) is 31.9 Å². The average molecular weight is 280 g/mol. The first kappa shape index (κ1) is 9.23. The third-order valence-electron chi connectivity index (χ3n) is 1.40. The molecule has 0 fully saturated rings. The molecule has 1 N–H and O–H groups in total. The smallest absolute Gasteiger partial charge is 0.0471 e. The Labute approximate surface area is 82.7 Å². The normalized spacial score (nSPS) is 10.1. The van der Waals surface area contributed by atoms with Gasteiger partial charge in [-0.15, -0.1) is 0 Å². The van der Waals surface area contributed by atoms with Crippen LogP contribution in [0.1, 0.15) is 5.56 Å². The molecule has 0 aliphatic rings. The van der Waals surface area contributed by atoms with E-state index in [-0.39, 0.29) is 6.61 Å².